The fraction of sp³-hybridized carbons (Fsp3) is 0.667. The molecule has 0 bridgehead atoms. The van der Waals surface area contributed by atoms with Crippen molar-refractivity contribution in [1.82, 2.24) is 9.97 Å². The fourth-order valence-electron chi connectivity index (χ4n) is 2.31. The number of rotatable bonds is 7. The van der Waals surface area contributed by atoms with Gasteiger partial charge < -0.3 is 15.3 Å². The Morgan fingerprint density at radius 1 is 1.55 bits per heavy atom. The summed E-state index contributed by atoms with van der Waals surface area (Å²) in [6.07, 6.45) is 4.37. The third kappa shape index (κ3) is 2.79. The highest BCUT2D eigenvalue weighted by Gasteiger charge is 2.33. The molecule has 1 aromatic heterocycles. The van der Waals surface area contributed by atoms with Gasteiger partial charge in [0.2, 0.25) is 11.6 Å². The highest BCUT2D eigenvalue weighted by Crippen LogP contribution is 2.36. The standard InChI is InChI=1S/C12H19N5O3/c1-2-13-11-10(17(19)20)12(15-8-14-11)16(6-7-18)9-4-3-5-9/h8-9,18H,2-7H2,1H3,(H,13,14,15). The van der Waals surface area contributed by atoms with Crippen molar-refractivity contribution < 1.29 is 10.0 Å². The van der Waals surface area contributed by atoms with E-state index in [0.717, 1.165) is 19.3 Å². The van der Waals surface area contributed by atoms with Crippen LogP contribution in [0.1, 0.15) is 26.2 Å². The van der Waals surface area contributed by atoms with Crippen LogP contribution >= 0.6 is 0 Å². The smallest absolute Gasteiger partial charge is 0.353 e. The van der Waals surface area contributed by atoms with E-state index in [2.05, 4.69) is 15.3 Å². The summed E-state index contributed by atoms with van der Waals surface area (Å²) in [5, 5.41) is 23.4. The third-order valence-corrected chi connectivity index (χ3v) is 3.46. The van der Waals surface area contributed by atoms with Crippen LogP contribution in [0.25, 0.3) is 0 Å². The first-order valence-corrected chi connectivity index (χ1v) is 6.79. The Labute approximate surface area is 117 Å². The highest BCUT2D eigenvalue weighted by molar-refractivity contribution is 5.70. The first kappa shape index (κ1) is 14.4. The fourth-order valence-corrected chi connectivity index (χ4v) is 2.31. The molecule has 1 fully saturated rings. The molecular formula is C12H19N5O3. The van der Waals surface area contributed by atoms with Gasteiger partial charge in [-0.3, -0.25) is 10.1 Å². The van der Waals surface area contributed by atoms with Crippen molar-refractivity contribution in [2.45, 2.75) is 32.2 Å². The van der Waals surface area contributed by atoms with E-state index in [4.69, 9.17) is 0 Å². The van der Waals surface area contributed by atoms with Crippen LogP contribution in [-0.2, 0) is 0 Å². The molecule has 0 radical (unpaired) electrons. The zero-order chi connectivity index (χ0) is 14.5. The summed E-state index contributed by atoms with van der Waals surface area (Å²) in [7, 11) is 0. The number of anilines is 2. The maximum absolute atomic E-state index is 11.4. The Balaban J connectivity index is 2.41. The van der Waals surface area contributed by atoms with E-state index in [0.29, 0.717) is 18.9 Å². The van der Waals surface area contributed by atoms with Crippen molar-refractivity contribution >= 4 is 17.3 Å². The number of hydrogen-bond acceptors (Lipinski definition) is 7. The molecule has 0 aromatic carbocycles. The van der Waals surface area contributed by atoms with Crippen LogP contribution in [-0.4, -0.2) is 45.7 Å². The number of aliphatic hydroxyl groups excluding tert-OH is 1. The average Bonchev–Trinajstić information content (AvgIpc) is 2.36. The van der Waals surface area contributed by atoms with Crippen molar-refractivity contribution in [1.29, 1.82) is 0 Å². The van der Waals surface area contributed by atoms with Crippen LogP contribution in [0.2, 0.25) is 0 Å². The molecule has 1 heterocycles. The highest BCUT2D eigenvalue weighted by atomic mass is 16.6. The van der Waals surface area contributed by atoms with Crippen LogP contribution in [0.4, 0.5) is 17.3 Å². The maximum atomic E-state index is 11.4. The number of nitro groups is 1. The van der Waals surface area contributed by atoms with Crippen LogP contribution in [0.3, 0.4) is 0 Å². The Bertz CT molecular complexity index is 478. The van der Waals surface area contributed by atoms with Crippen molar-refractivity contribution in [3.05, 3.63) is 16.4 Å². The van der Waals surface area contributed by atoms with Crippen LogP contribution in [0.15, 0.2) is 6.33 Å². The van der Waals surface area contributed by atoms with E-state index in [-0.39, 0.29) is 24.2 Å². The van der Waals surface area contributed by atoms with Gasteiger partial charge in [0.25, 0.3) is 0 Å². The topological polar surface area (TPSA) is 104 Å². The summed E-state index contributed by atoms with van der Waals surface area (Å²) in [6.45, 7) is 2.67. The molecule has 2 rings (SSSR count). The normalized spacial score (nSPS) is 14.7. The SMILES string of the molecule is CCNc1ncnc(N(CCO)C2CCC2)c1[N+](=O)[O-]. The number of hydrogen-bond donors (Lipinski definition) is 2. The van der Waals surface area contributed by atoms with E-state index in [1.807, 2.05) is 11.8 Å². The lowest BCUT2D eigenvalue weighted by atomic mass is 9.91. The van der Waals surface area contributed by atoms with E-state index in [1.54, 1.807) is 0 Å². The van der Waals surface area contributed by atoms with Crippen molar-refractivity contribution in [2.75, 3.05) is 29.9 Å². The second-order valence-electron chi connectivity index (χ2n) is 4.68. The molecule has 8 heteroatoms. The zero-order valence-corrected chi connectivity index (χ0v) is 11.4. The largest absolute Gasteiger partial charge is 0.395 e. The summed E-state index contributed by atoms with van der Waals surface area (Å²) < 4.78 is 0. The minimum absolute atomic E-state index is 0.0613. The van der Waals surface area contributed by atoms with Gasteiger partial charge in [-0.05, 0) is 26.2 Å². The van der Waals surface area contributed by atoms with Gasteiger partial charge in [0.15, 0.2) is 0 Å². The van der Waals surface area contributed by atoms with Gasteiger partial charge >= 0.3 is 5.69 Å². The molecule has 1 saturated carbocycles. The molecule has 110 valence electrons. The molecule has 0 unspecified atom stereocenters. The van der Waals surface area contributed by atoms with Gasteiger partial charge in [-0.1, -0.05) is 0 Å². The number of nitrogens with zero attached hydrogens (tertiary/aromatic N) is 4. The molecule has 1 aliphatic rings. The Kier molecular flexibility index (Phi) is 4.67. The minimum atomic E-state index is -0.462. The lowest BCUT2D eigenvalue weighted by molar-refractivity contribution is -0.383. The van der Waals surface area contributed by atoms with Crippen molar-refractivity contribution in [3.8, 4) is 0 Å². The van der Waals surface area contributed by atoms with Gasteiger partial charge in [0.05, 0.1) is 11.5 Å². The summed E-state index contributed by atoms with van der Waals surface area (Å²) in [4.78, 5) is 20.7. The first-order chi connectivity index (χ1) is 9.69. The Morgan fingerprint density at radius 3 is 2.80 bits per heavy atom. The molecule has 8 nitrogen and oxygen atoms in total. The zero-order valence-electron chi connectivity index (χ0n) is 11.4. The van der Waals surface area contributed by atoms with Crippen molar-refractivity contribution in [2.24, 2.45) is 0 Å². The molecule has 0 aliphatic heterocycles. The van der Waals surface area contributed by atoms with Crippen LogP contribution in [0.5, 0.6) is 0 Å². The number of aromatic nitrogens is 2. The van der Waals surface area contributed by atoms with Crippen molar-refractivity contribution in [3.63, 3.8) is 0 Å². The molecule has 0 spiro atoms. The first-order valence-electron chi connectivity index (χ1n) is 6.79. The molecule has 20 heavy (non-hydrogen) atoms. The van der Waals surface area contributed by atoms with Gasteiger partial charge in [-0.2, -0.15) is 0 Å². The van der Waals surface area contributed by atoms with E-state index >= 15 is 0 Å². The maximum Gasteiger partial charge on any atom is 0.353 e. The Morgan fingerprint density at radius 2 is 2.30 bits per heavy atom. The molecule has 1 aromatic rings. The number of nitrogens with one attached hydrogen (secondary N) is 1. The minimum Gasteiger partial charge on any atom is -0.395 e. The quantitative estimate of drug-likeness (QED) is 0.571. The van der Waals surface area contributed by atoms with E-state index < -0.39 is 4.92 Å². The molecular weight excluding hydrogens is 262 g/mol. The molecule has 0 saturated heterocycles. The number of aliphatic hydroxyl groups is 1. The van der Waals surface area contributed by atoms with Crippen LogP contribution in [0, 0.1) is 10.1 Å². The van der Waals surface area contributed by atoms with E-state index in [1.165, 1.54) is 6.33 Å². The second kappa shape index (κ2) is 6.47. The Hall–Kier alpha value is -1.96. The molecule has 2 N–H and O–H groups in total. The molecule has 0 atom stereocenters. The predicted octanol–water partition coefficient (Wildman–Crippen LogP) is 1.17. The molecule has 1 aliphatic carbocycles. The summed E-state index contributed by atoms with van der Waals surface area (Å²) in [5.41, 5.74) is -0.116. The summed E-state index contributed by atoms with van der Waals surface area (Å²) in [6, 6.07) is 0.213. The summed E-state index contributed by atoms with van der Waals surface area (Å²) in [5.74, 6) is 0.518. The predicted molar refractivity (Wildman–Crippen MR) is 74.9 cm³/mol. The van der Waals surface area contributed by atoms with Gasteiger partial charge in [0, 0.05) is 19.1 Å². The lowest BCUT2D eigenvalue weighted by Crippen LogP contribution is -2.42. The van der Waals surface area contributed by atoms with Crippen LogP contribution < -0.4 is 10.2 Å². The monoisotopic (exact) mass is 281 g/mol. The summed E-state index contributed by atoms with van der Waals surface area (Å²) >= 11 is 0. The van der Waals surface area contributed by atoms with Gasteiger partial charge in [0.1, 0.15) is 6.33 Å². The average molecular weight is 281 g/mol. The third-order valence-electron chi connectivity index (χ3n) is 3.46. The van der Waals surface area contributed by atoms with E-state index in [9.17, 15) is 15.2 Å². The lowest BCUT2D eigenvalue weighted by Gasteiger charge is -2.37. The van der Waals surface area contributed by atoms with Gasteiger partial charge in [-0.15, -0.1) is 0 Å². The second-order valence-corrected chi connectivity index (χ2v) is 4.68. The molecule has 0 amide bonds. The van der Waals surface area contributed by atoms with Gasteiger partial charge in [-0.25, -0.2) is 9.97 Å².